The molecule has 1 aliphatic rings. The Morgan fingerprint density at radius 2 is 1.76 bits per heavy atom. The van der Waals surface area contributed by atoms with Gasteiger partial charge in [0.15, 0.2) is 6.61 Å². The fourth-order valence-electron chi connectivity index (χ4n) is 3.09. The Labute approximate surface area is 178 Å². The fourth-order valence-corrected chi connectivity index (χ4v) is 4.05. The summed E-state index contributed by atoms with van der Waals surface area (Å²) in [4.78, 5) is 0. The van der Waals surface area contributed by atoms with Crippen molar-refractivity contribution in [1.82, 2.24) is 5.32 Å². The Kier molecular flexibility index (Phi) is 6.50. The molecule has 0 spiro atoms. The van der Waals surface area contributed by atoms with Crippen LogP contribution in [0.5, 0.6) is 5.75 Å². The second kappa shape index (κ2) is 8.73. The molecule has 154 valence electrons. The van der Waals surface area contributed by atoms with E-state index in [1.807, 2.05) is 43.3 Å². The highest BCUT2D eigenvalue weighted by Gasteiger charge is 2.30. The number of allylic oxidation sites excluding steroid dienone is 3. The van der Waals surface area contributed by atoms with Crippen molar-refractivity contribution in [3.63, 3.8) is 0 Å². The topological polar surface area (TPSA) is 21.3 Å². The number of hydrogen-bond donors (Lipinski definition) is 1. The quantitative estimate of drug-likeness (QED) is 0.283. The highest BCUT2D eigenvalue weighted by molar-refractivity contribution is 14.1. The lowest BCUT2D eigenvalue weighted by Gasteiger charge is -2.29. The smallest absolute Gasteiger partial charge is 0.422 e. The van der Waals surface area contributed by atoms with Crippen molar-refractivity contribution in [3.05, 3.63) is 77.0 Å². The van der Waals surface area contributed by atoms with Crippen molar-refractivity contribution >= 4 is 33.9 Å². The molecule has 0 aliphatic carbocycles. The summed E-state index contributed by atoms with van der Waals surface area (Å²) in [5.41, 5.74) is 2.26. The van der Waals surface area contributed by atoms with E-state index in [2.05, 4.69) is 32.6 Å². The van der Waals surface area contributed by atoms with Crippen LogP contribution in [0.1, 0.15) is 24.5 Å². The van der Waals surface area contributed by atoms with Gasteiger partial charge in [0.1, 0.15) is 17.4 Å². The Balaban J connectivity index is 2.09. The van der Waals surface area contributed by atoms with Gasteiger partial charge >= 0.3 is 6.18 Å². The Morgan fingerprint density at radius 3 is 2.31 bits per heavy atom. The lowest BCUT2D eigenvalue weighted by atomic mass is 9.91. The Hall–Kier alpha value is -2.10. The lowest BCUT2D eigenvalue weighted by Crippen LogP contribution is -2.27. The number of benzene rings is 2. The zero-order valence-electron chi connectivity index (χ0n) is 15.3. The van der Waals surface area contributed by atoms with Crippen LogP contribution < -0.4 is 10.1 Å². The van der Waals surface area contributed by atoms with Crippen LogP contribution in [-0.2, 0) is 0 Å². The van der Waals surface area contributed by atoms with Crippen molar-refractivity contribution in [3.8, 4) is 5.75 Å². The van der Waals surface area contributed by atoms with Crippen LogP contribution in [-0.4, -0.2) is 16.7 Å². The molecule has 3 rings (SSSR count). The Bertz CT molecular complexity index is 930. The van der Waals surface area contributed by atoms with Crippen molar-refractivity contribution in [2.75, 3.05) is 6.61 Å². The SMILES string of the molecule is C/C=C1/NC(c2c(F)cc(OCC(F)(F)F)cc2F)=C(c2ccccc2)CC1I. The molecule has 0 bridgehead atoms. The molecular formula is C21H17F5INO. The molecule has 0 radical (unpaired) electrons. The standard InChI is InChI=1S/C21H17F5INO/c1-2-18-17(27)10-14(12-6-4-3-5-7-12)20(28-18)19-15(22)8-13(9-16(19)23)29-11-21(24,25)26/h2-9,17,28H,10-11H2,1H3/b18-2+. The van der Waals surface area contributed by atoms with Gasteiger partial charge in [-0.1, -0.05) is 59.0 Å². The number of nitrogens with one attached hydrogen (secondary N) is 1. The summed E-state index contributed by atoms with van der Waals surface area (Å²) >= 11 is 2.25. The summed E-state index contributed by atoms with van der Waals surface area (Å²) in [5.74, 6) is -2.52. The first-order chi connectivity index (χ1) is 13.7. The van der Waals surface area contributed by atoms with E-state index in [1.165, 1.54) is 0 Å². The second-order valence-electron chi connectivity index (χ2n) is 6.43. The van der Waals surface area contributed by atoms with Crippen molar-refractivity contribution < 1.29 is 26.7 Å². The number of halogens is 6. The third-order valence-corrected chi connectivity index (χ3v) is 5.50. The van der Waals surface area contributed by atoms with E-state index in [1.54, 1.807) is 0 Å². The minimum atomic E-state index is -4.60. The zero-order valence-corrected chi connectivity index (χ0v) is 17.4. The van der Waals surface area contributed by atoms with Gasteiger partial charge in [0.25, 0.3) is 0 Å². The molecule has 2 aromatic rings. The minimum absolute atomic E-state index is 0.0806. The maximum absolute atomic E-state index is 14.8. The van der Waals surface area contributed by atoms with E-state index in [9.17, 15) is 22.0 Å². The molecule has 1 heterocycles. The van der Waals surface area contributed by atoms with Crippen LogP contribution in [0.2, 0.25) is 0 Å². The van der Waals surface area contributed by atoms with Crippen LogP contribution in [0.25, 0.3) is 11.3 Å². The third-order valence-electron chi connectivity index (χ3n) is 4.39. The first kappa shape index (κ1) is 21.6. The summed E-state index contributed by atoms with van der Waals surface area (Å²) in [5, 5.41) is 3.11. The molecule has 1 atom stereocenters. The molecule has 0 amide bonds. The Morgan fingerprint density at radius 1 is 1.14 bits per heavy atom. The summed E-state index contributed by atoms with van der Waals surface area (Å²) < 4.78 is 71.2. The maximum Gasteiger partial charge on any atom is 0.422 e. The summed E-state index contributed by atoms with van der Waals surface area (Å²) in [6, 6.07) is 10.7. The van der Waals surface area contributed by atoms with Gasteiger partial charge in [-0.15, -0.1) is 0 Å². The van der Waals surface area contributed by atoms with E-state index in [-0.39, 0.29) is 15.2 Å². The van der Waals surface area contributed by atoms with Crippen LogP contribution in [0.15, 0.2) is 54.2 Å². The predicted molar refractivity (Wildman–Crippen MR) is 110 cm³/mol. The summed E-state index contributed by atoms with van der Waals surface area (Å²) in [7, 11) is 0. The van der Waals surface area contributed by atoms with E-state index >= 15 is 0 Å². The largest absolute Gasteiger partial charge is 0.484 e. The monoisotopic (exact) mass is 521 g/mol. The van der Waals surface area contributed by atoms with Gasteiger partial charge in [0, 0.05) is 17.8 Å². The van der Waals surface area contributed by atoms with Gasteiger partial charge in [-0.25, -0.2) is 8.78 Å². The molecule has 1 N–H and O–H groups in total. The molecule has 29 heavy (non-hydrogen) atoms. The molecular weight excluding hydrogens is 504 g/mol. The van der Waals surface area contributed by atoms with Crippen LogP contribution in [0.4, 0.5) is 22.0 Å². The first-order valence-electron chi connectivity index (χ1n) is 8.74. The van der Waals surface area contributed by atoms with Crippen molar-refractivity contribution in [2.45, 2.75) is 23.4 Å². The van der Waals surface area contributed by atoms with Gasteiger partial charge in [0.05, 0.1) is 15.2 Å². The van der Waals surface area contributed by atoms with Crippen LogP contribution in [0, 0.1) is 11.6 Å². The van der Waals surface area contributed by atoms with Gasteiger partial charge in [0.2, 0.25) is 0 Å². The van der Waals surface area contributed by atoms with E-state index in [0.717, 1.165) is 29.0 Å². The molecule has 2 nitrogen and oxygen atoms in total. The average molecular weight is 521 g/mol. The van der Waals surface area contributed by atoms with E-state index in [0.29, 0.717) is 6.42 Å². The van der Waals surface area contributed by atoms with Gasteiger partial charge in [-0.2, -0.15) is 13.2 Å². The second-order valence-corrected chi connectivity index (χ2v) is 7.93. The molecule has 0 fully saturated rings. The zero-order chi connectivity index (χ0) is 21.2. The summed E-state index contributed by atoms with van der Waals surface area (Å²) in [6.45, 7) is 0.195. The first-order valence-corrected chi connectivity index (χ1v) is 9.99. The maximum atomic E-state index is 14.8. The van der Waals surface area contributed by atoms with Crippen LogP contribution in [0.3, 0.4) is 0 Å². The molecule has 0 aromatic heterocycles. The molecule has 1 unspecified atom stereocenters. The van der Waals surface area contributed by atoms with Crippen LogP contribution >= 0.6 is 22.6 Å². The van der Waals surface area contributed by atoms with Gasteiger partial charge in [-0.05, 0) is 24.5 Å². The third kappa shape index (κ3) is 5.09. The van der Waals surface area contributed by atoms with Gasteiger partial charge in [-0.3, -0.25) is 0 Å². The number of alkyl halides is 4. The number of rotatable bonds is 4. The molecule has 1 aliphatic heterocycles. The fraction of sp³-hybridized carbons (Fsp3) is 0.238. The minimum Gasteiger partial charge on any atom is -0.484 e. The number of hydrogen-bond acceptors (Lipinski definition) is 2. The molecule has 0 saturated carbocycles. The number of ether oxygens (including phenoxy) is 1. The normalized spacial score (nSPS) is 18.7. The highest BCUT2D eigenvalue weighted by atomic mass is 127. The predicted octanol–water partition coefficient (Wildman–Crippen LogP) is 6.47. The highest BCUT2D eigenvalue weighted by Crippen LogP contribution is 2.39. The summed E-state index contributed by atoms with van der Waals surface area (Å²) in [6.07, 6.45) is -2.23. The van der Waals surface area contributed by atoms with E-state index in [4.69, 9.17) is 0 Å². The molecule has 0 saturated heterocycles. The van der Waals surface area contributed by atoms with Crippen molar-refractivity contribution in [1.29, 1.82) is 0 Å². The molecule has 8 heteroatoms. The average Bonchev–Trinajstić information content (AvgIpc) is 2.66. The van der Waals surface area contributed by atoms with Crippen molar-refractivity contribution in [2.24, 2.45) is 0 Å². The lowest BCUT2D eigenvalue weighted by molar-refractivity contribution is -0.153. The molecule has 2 aromatic carbocycles. The van der Waals surface area contributed by atoms with E-state index < -0.39 is 30.2 Å². The van der Waals surface area contributed by atoms with Gasteiger partial charge < -0.3 is 10.1 Å².